The highest BCUT2D eigenvalue weighted by Gasteiger charge is 2.49. The monoisotopic (exact) mass is 185 g/mol. The molecule has 0 amide bonds. The van der Waals surface area contributed by atoms with E-state index in [9.17, 15) is 4.79 Å². The van der Waals surface area contributed by atoms with Gasteiger partial charge in [-0.1, -0.05) is 11.8 Å². The van der Waals surface area contributed by atoms with Crippen molar-refractivity contribution in [1.82, 2.24) is 0 Å². The molecule has 0 N–H and O–H groups in total. The van der Waals surface area contributed by atoms with E-state index >= 15 is 0 Å². The Morgan fingerprint density at radius 3 is 2.92 bits per heavy atom. The normalized spacial score (nSPS) is 35.1. The molecule has 1 saturated heterocycles. The van der Waals surface area contributed by atoms with Crippen molar-refractivity contribution >= 4 is 22.8 Å². The van der Waals surface area contributed by atoms with Crippen molar-refractivity contribution in [1.29, 1.82) is 0 Å². The summed E-state index contributed by atoms with van der Waals surface area (Å²) >= 11 is 1.36. The van der Waals surface area contributed by atoms with E-state index in [0.717, 1.165) is 18.7 Å². The molecule has 0 aromatic heterocycles. The maximum Gasteiger partial charge on any atom is 0.204 e. The molecule has 66 valence electrons. The molecule has 2 aliphatic rings. The van der Waals surface area contributed by atoms with Crippen LogP contribution in [0.3, 0.4) is 0 Å². The van der Waals surface area contributed by atoms with Crippen LogP contribution in [0.5, 0.6) is 0 Å². The van der Waals surface area contributed by atoms with Crippen molar-refractivity contribution in [3.05, 3.63) is 0 Å². The van der Waals surface area contributed by atoms with E-state index in [-0.39, 0.29) is 5.12 Å². The molecular formula is C8H11NO2S. The Hall–Kier alpha value is -0.510. The van der Waals surface area contributed by atoms with Gasteiger partial charge in [0.05, 0.1) is 6.61 Å². The van der Waals surface area contributed by atoms with Gasteiger partial charge >= 0.3 is 0 Å². The van der Waals surface area contributed by atoms with E-state index in [4.69, 9.17) is 4.74 Å². The third kappa shape index (κ3) is 1.05. The number of hydrogen-bond acceptors (Lipinski definition) is 4. The molecular weight excluding hydrogens is 174 g/mol. The molecule has 3 nitrogen and oxygen atoms in total. The van der Waals surface area contributed by atoms with Crippen molar-refractivity contribution in [3.8, 4) is 0 Å². The Morgan fingerprint density at radius 1 is 1.67 bits per heavy atom. The highest BCUT2D eigenvalue weighted by Crippen LogP contribution is 2.41. The summed E-state index contributed by atoms with van der Waals surface area (Å²) in [6, 6.07) is 0. The minimum Gasteiger partial charge on any atom is -0.480 e. The quantitative estimate of drug-likeness (QED) is 0.613. The van der Waals surface area contributed by atoms with Gasteiger partial charge in [0.15, 0.2) is 5.90 Å². The van der Waals surface area contributed by atoms with E-state index < -0.39 is 5.41 Å². The highest BCUT2D eigenvalue weighted by atomic mass is 32.2. The fraction of sp³-hybridized carbons (Fsp3) is 0.750. The van der Waals surface area contributed by atoms with Crippen LogP contribution < -0.4 is 0 Å². The predicted molar refractivity (Wildman–Crippen MR) is 48.4 cm³/mol. The van der Waals surface area contributed by atoms with Crippen LogP contribution in [0.1, 0.15) is 13.3 Å². The van der Waals surface area contributed by atoms with Crippen molar-refractivity contribution in [2.75, 3.05) is 18.9 Å². The molecule has 1 atom stereocenters. The first-order valence-corrected chi connectivity index (χ1v) is 5.07. The zero-order valence-electron chi connectivity index (χ0n) is 7.00. The van der Waals surface area contributed by atoms with Crippen LogP contribution in [-0.2, 0) is 9.53 Å². The van der Waals surface area contributed by atoms with Crippen LogP contribution in [0.4, 0.5) is 0 Å². The number of carbonyl (C=O) groups excluding carboxylic acids is 1. The van der Waals surface area contributed by atoms with Gasteiger partial charge in [0.1, 0.15) is 5.41 Å². The van der Waals surface area contributed by atoms with Gasteiger partial charge in [-0.15, -0.1) is 0 Å². The second-order valence-electron chi connectivity index (χ2n) is 3.30. The van der Waals surface area contributed by atoms with Gasteiger partial charge in [-0.05, 0) is 6.92 Å². The molecule has 0 spiro atoms. The summed E-state index contributed by atoms with van der Waals surface area (Å²) in [6.07, 6.45) is 0.973. The molecule has 1 fully saturated rings. The molecule has 2 aliphatic heterocycles. The number of aliphatic imine (C=N–C) groups is 1. The van der Waals surface area contributed by atoms with Crippen molar-refractivity contribution in [2.45, 2.75) is 13.3 Å². The summed E-state index contributed by atoms with van der Waals surface area (Å²) < 4.78 is 5.37. The van der Waals surface area contributed by atoms with E-state index in [1.54, 1.807) is 0 Å². The highest BCUT2D eigenvalue weighted by molar-refractivity contribution is 8.16. The van der Waals surface area contributed by atoms with Crippen LogP contribution >= 0.6 is 11.8 Å². The number of thioether (sulfide) groups is 1. The number of rotatable bonds is 1. The minimum absolute atomic E-state index is 0.197. The molecule has 12 heavy (non-hydrogen) atoms. The van der Waals surface area contributed by atoms with Gasteiger partial charge in [-0.2, -0.15) is 0 Å². The summed E-state index contributed by atoms with van der Waals surface area (Å²) in [4.78, 5) is 15.5. The smallest absolute Gasteiger partial charge is 0.204 e. The fourth-order valence-corrected chi connectivity index (χ4v) is 2.20. The number of nitrogens with zero attached hydrogens (tertiary/aromatic N) is 1. The van der Waals surface area contributed by atoms with Crippen molar-refractivity contribution in [2.24, 2.45) is 10.4 Å². The SMILES string of the molecule is C[C@]1(C2=NCCCO2)CSC1=O. The van der Waals surface area contributed by atoms with Gasteiger partial charge < -0.3 is 4.74 Å². The predicted octanol–water partition coefficient (Wildman–Crippen LogP) is 1.08. The maximum absolute atomic E-state index is 11.3. The Balaban J connectivity index is 2.17. The second-order valence-corrected chi connectivity index (χ2v) is 4.25. The minimum atomic E-state index is -0.398. The second kappa shape index (κ2) is 2.76. The topological polar surface area (TPSA) is 38.7 Å². The lowest BCUT2D eigenvalue weighted by Crippen LogP contribution is -2.47. The third-order valence-corrected chi connectivity index (χ3v) is 3.65. The lowest BCUT2D eigenvalue weighted by molar-refractivity contribution is -0.117. The zero-order chi connectivity index (χ0) is 8.60. The Bertz CT molecular complexity index is 251. The van der Waals surface area contributed by atoms with Gasteiger partial charge in [0, 0.05) is 18.7 Å². The maximum atomic E-state index is 11.3. The number of ether oxygens (including phenoxy) is 1. The average molecular weight is 185 g/mol. The van der Waals surface area contributed by atoms with Crippen LogP contribution in [0, 0.1) is 5.41 Å². The number of carbonyl (C=O) groups is 1. The van der Waals surface area contributed by atoms with Crippen molar-refractivity contribution < 1.29 is 9.53 Å². The standard InChI is InChI=1S/C8H11NO2S/c1-8(5-12-7(8)10)6-9-3-2-4-11-6/h2-5H2,1H3/t8-/m1/s1. The molecule has 0 aromatic carbocycles. The summed E-state index contributed by atoms with van der Waals surface area (Å²) in [6.45, 7) is 3.44. The van der Waals surface area contributed by atoms with Gasteiger partial charge in [-0.3, -0.25) is 9.79 Å². The molecule has 4 heteroatoms. The number of hydrogen-bond donors (Lipinski definition) is 0. The van der Waals surface area contributed by atoms with E-state index in [0.29, 0.717) is 12.5 Å². The first kappa shape index (κ1) is 8.10. The lowest BCUT2D eigenvalue weighted by Gasteiger charge is -2.36. The largest absolute Gasteiger partial charge is 0.480 e. The Morgan fingerprint density at radius 2 is 2.50 bits per heavy atom. The third-order valence-electron chi connectivity index (χ3n) is 2.21. The molecule has 0 bridgehead atoms. The molecule has 2 rings (SSSR count). The summed E-state index contributed by atoms with van der Waals surface area (Å²) in [5.74, 6) is 1.49. The molecule has 2 heterocycles. The van der Waals surface area contributed by atoms with E-state index in [1.807, 2.05) is 6.92 Å². The molecule has 0 unspecified atom stereocenters. The van der Waals surface area contributed by atoms with Crippen LogP contribution in [0.2, 0.25) is 0 Å². The van der Waals surface area contributed by atoms with Gasteiger partial charge in [0.2, 0.25) is 5.12 Å². The molecule has 0 aliphatic carbocycles. The van der Waals surface area contributed by atoms with Crippen molar-refractivity contribution in [3.63, 3.8) is 0 Å². The molecule has 0 radical (unpaired) electrons. The van der Waals surface area contributed by atoms with Crippen LogP contribution in [0.15, 0.2) is 4.99 Å². The Kier molecular flexibility index (Phi) is 1.87. The van der Waals surface area contributed by atoms with Gasteiger partial charge in [0.25, 0.3) is 0 Å². The average Bonchev–Trinajstić information content (AvgIpc) is 2.16. The molecule has 0 aromatic rings. The van der Waals surface area contributed by atoms with E-state index in [1.165, 1.54) is 11.8 Å². The zero-order valence-corrected chi connectivity index (χ0v) is 7.82. The Labute approximate surface area is 75.6 Å². The lowest BCUT2D eigenvalue weighted by atomic mass is 9.93. The summed E-state index contributed by atoms with van der Waals surface area (Å²) in [5.41, 5.74) is -0.398. The molecule has 0 saturated carbocycles. The van der Waals surface area contributed by atoms with Gasteiger partial charge in [-0.25, -0.2) is 0 Å². The fourth-order valence-electron chi connectivity index (χ4n) is 1.29. The first-order chi connectivity index (χ1) is 5.73. The van der Waals surface area contributed by atoms with Crippen LogP contribution in [-0.4, -0.2) is 29.9 Å². The van der Waals surface area contributed by atoms with Crippen LogP contribution in [0.25, 0.3) is 0 Å². The summed E-state index contributed by atoms with van der Waals surface area (Å²) in [5, 5.41) is 0.197. The first-order valence-electron chi connectivity index (χ1n) is 4.08. The summed E-state index contributed by atoms with van der Waals surface area (Å²) in [7, 11) is 0. The van der Waals surface area contributed by atoms with E-state index in [2.05, 4.69) is 4.99 Å².